The van der Waals surface area contributed by atoms with Gasteiger partial charge in [0.15, 0.2) is 0 Å². The van der Waals surface area contributed by atoms with E-state index in [9.17, 15) is 0 Å². The molecule has 2 aliphatic rings. The van der Waals surface area contributed by atoms with Gasteiger partial charge in [0.2, 0.25) is 0 Å². The van der Waals surface area contributed by atoms with Crippen LogP contribution in [-0.2, 0) is 0 Å². The van der Waals surface area contributed by atoms with Gasteiger partial charge in [-0.3, -0.25) is 4.90 Å². The van der Waals surface area contributed by atoms with Crippen LogP contribution in [0.2, 0.25) is 0 Å². The van der Waals surface area contributed by atoms with E-state index in [2.05, 4.69) is 44.0 Å². The van der Waals surface area contributed by atoms with E-state index in [1.807, 2.05) is 0 Å². The van der Waals surface area contributed by atoms with Gasteiger partial charge < -0.3 is 5.32 Å². The Bertz CT molecular complexity index is 293. The fourth-order valence-corrected chi connectivity index (χ4v) is 3.08. The maximum Gasteiger partial charge on any atom is 0.0166 e. The molecule has 0 aliphatic carbocycles. The number of nitrogens with zero attached hydrogens (tertiary/aromatic N) is 1. The maximum absolute atomic E-state index is 3.49. The second-order valence-electron chi connectivity index (χ2n) is 7.20. The zero-order chi connectivity index (χ0) is 12.5. The predicted molar refractivity (Wildman–Crippen MR) is 74.2 cm³/mol. The summed E-state index contributed by atoms with van der Waals surface area (Å²) in [6, 6.07) is 0. The molecular weight excluding hydrogens is 208 g/mol. The first-order chi connectivity index (χ1) is 7.89. The van der Waals surface area contributed by atoms with Crippen molar-refractivity contribution in [3.05, 3.63) is 11.6 Å². The molecule has 2 rings (SSSR count). The van der Waals surface area contributed by atoms with Crippen LogP contribution in [0.4, 0.5) is 0 Å². The molecule has 0 aromatic carbocycles. The lowest BCUT2D eigenvalue weighted by Gasteiger charge is -2.36. The van der Waals surface area contributed by atoms with Crippen LogP contribution in [0.15, 0.2) is 11.6 Å². The van der Waals surface area contributed by atoms with Crippen molar-refractivity contribution < 1.29 is 0 Å². The lowest BCUT2D eigenvalue weighted by Crippen LogP contribution is -2.40. The molecule has 2 nitrogen and oxygen atoms in total. The number of nitrogens with one attached hydrogen (secondary N) is 1. The lowest BCUT2D eigenvalue weighted by molar-refractivity contribution is 0.183. The van der Waals surface area contributed by atoms with E-state index in [4.69, 9.17) is 0 Å². The molecule has 0 spiro atoms. The Morgan fingerprint density at radius 1 is 1.41 bits per heavy atom. The molecule has 0 bridgehead atoms. The van der Waals surface area contributed by atoms with Crippen LogP contribution in [0.1, 0.15) is 40.5 Å². The Kier molecular flexibility index (Phi) is 3.65. The van der Waals surface area contributed by atoms with Gasteiger partial charge in [-0.25, -0.2) is 0 Å². The SMILES string of the molecule is CC1(CN2CC=C(C(C)(C)C)CC2)CCNC1. The average molecular weight is 236 g/mol. The van der Waals surface area contributed by atoms with Gasteiger partial charge >= 0.3 is 0 Å². The van der Waals surface area contributed by atoms with Gasteiger partial charge in [0.05, 0.1) is 0 Å². The minimum Gasteiger partial charge on any atom is -0.316 e. The second-order valence-corrected chi connectivity index (χ2v) is 7.20. The van der Waals surface area contributed by atoms with E-state index in [-0.39, 0.29) is 0 Å². The third-order valence-electron chi connectivity index (χ3n) is 4.32. The van der Waals surface area contributed by atoms with Crippen molar-refractivity contribution in [1.29, 1.82) is 0 Å². The molecule has 2 heteroatoms. The molecule has 1 atom stereocenters. The molecule has 0 amide bonds. The predicted octanol–water partition coefficient (Wildman–Crippen LogP) is 2.66. The molecular formula is C15H28N2. The number of hydrogen-bond donors (Lipinski definition) is 1. The number of hydrogen-bond acceptors (Lipinski definition) is 2. The first-order valence-corrected chi connectivity index (χ1v) is 7.02. The molecule has 98 valence electrons. The molecule has 1 N–H and O–H groups in total. The smallest absolute Gasteiger partial charge is 0.0166 e. The van der Waals surface area contributed by atoms with Crippen LogP contribution in [0.25, 0.3) is 0 Å². The highest BCUT2D eigenvalue weighted by molar-refractivity contribution is 5.14. The van der Waals surface area contributed by atoms with Gasteiger partial charge in [-0.05, 0) is 30.2 Å². The van der Waals surface area contributed by atoms with E-state index in [1.54, 1.807) is 5.57 Å². The molecule has 0 aromatic rings. The Balaban J connectivity index is 1.89. The van der Waals surface area contributed by atoms with Crippen molar-refractivity contribution in [1.82, 2.24) is 10.2 Å². The third-order valence-corrected chi connectivity index (χ3v) is 4.32. The fraction of sp³-hybridized carbons (Fsp3) is 0.867. The van der Waals surface area contributed by atoms with E-state index in [0.29, 0.717) is 10.8 Å². The van der Waals surface area contributed by atoms with Gasteiger partial charge in [-0.15, -0.1) is 0 Å². The molecule has 2 aliphatic heterocycles. The van der Waals surface area contributed by atoms with Crippen molar-refractivity contribution in [2.24, 2.45) is 10.8 Å². The summed E-state index contributed by atoms with van der Waals surface area (Å²) in [6.45, 7) is 15.5. The lowest BCUT2D eigenvalue weighted by atomic mass is 9.82. The average Bonchev–Trinajstić information content (AvgIpc) is 2.64. The van der Waals surface area contributed by atoms with Crippen molar-refractivity contribution in [2.45, 2.75) is 40.5 Å². The highest BCUT2D eigenvalue weighted by Gasteiger charge is 2.31. The molecule has 17 heavy (non-hydrogen) atoms. The van der Waals surface area contributed by atoms with Crippen LogP contribution in [0.5, 0.6) is 0 Å². The minimum atomic E-state index is 0.366. The van der Waals surface area contributed by atoms with Crippen molar-refractivity contribution in [3.8, 4) is 0 Å². The van der Waals surface area contributed by atoms with Crippen LogP contribution in [-0.4, -0.2) is 37.6 Å². The summed E-state index contributed by atoms with van der Waals surface area (Å²) in [4.78, 5) is 2.63. The summed E-state index contributed by atoms with van der Waals surface area (Å²) >= 11 is 0. The van der Waals surface area contributed by atoms with Crippen molar-refractivity contribution in [3.63, 3.8) is 0 Å². The molecule has 0 radical (unpaired) electrons. The summed E-state index contributed by atoms with van der Waals surface area (Å²) in [5, 5.41) is 3.49. The van der Waals surface area contributed by atoms with Gasteiger partial charge in [-0.2, -0.15) is 0 Å². The summed E-state index contributed by atoms with van der Waals surface area (Å²) < 4.78 is 0. The summed E-state index contributed by atoms with van der Waals surface area (Å²) in [5.74, 6) is 0. The van der Waals surface area contributed by atoms with Crippen LogP contribution >= 0.6 is 0 Å². The molecule has 1 unspecified atom stereocenters. The standard InChI is InChI=1S/C15H28N2/c1-14(2,3)13-5-9-17(10-6-13)12-15(4)7-8-16-11-15/h5,16H,6-12H2,1-4H3. The monoisotopic (exact) mass is 236 g/mol. The first kappa shape index (κ1) is 13.1. The van der Waals surface area contributed by atoms with Crippen molar-refractivity contribution in [2.75, 3.05) is 32.7 Å². The van der Waals surface area contributed by atoms with Gasteiger partial charge in [0, 0.05) is 26.2 Å². The topological polar surface area (TPSA) is 15.3 Å². The van der Waals surface area contributed by atoms with E-state index >= 15 is 0 Å². The molecule has 0 aromatic heterocycles. The van der Waals surface area contributed by atoms with Crippen molar-refractivity contribution >= 4 is 0 Å². The van der Waals surface area contributed by atoms with E-state index in [1.165, 1.54) is 39.0 Å². The summed E-state index contributed by atoms with van der Waals surface area (Å²) in [7, 11) is 0. The highest BCUT2D eigenvalue weighted by Crippen LogP contribution is 2.32. The minimum absolute atomic E-state index is 0.366. The van der Waals surface area contributed by atoms with Crippen LogP contribution in [0, 0.1) is 10.8 Å². The second kappa shape index (κ2) is 4.74. The Morgan fingerprint density at radius 3 is 2.65 bits per heavy atom. The quantitative estimate of drug-likeness (QED) is 0.742. The Morgan fingerprint density at radius 2 is 2.18 bits per heavy atom. The zero-order valence-electron chi connectivity index (χ0n) is 12.0. The fourth-order valence-electron chi connectivity index (χ4n) is 3.08. The molecule has 2 heterocycles. The Labute approximate surface area is 106 Å². The number of rotatable bonds is 2. The largest absolute Gasteiger partial charge is 0.316 e. The Hall–Kier alpha value is -0.340. The van der Waals surface area contributed by atoms with Gasteiger partial charge in [0.25, 0.3) is 0 Å². The molecule has 0 saturated carbocycles. The zero-order valence-corrected chi connectivity index (χ0v) is 12.0. The van der Waals surface area contributed by atoms with Gasteiger partial charge in [-0.1, -0.05) is 39.3 Å². The molecule has 1 fully saturated rings. The maximum atomic E-state index is 3.49. The normalized spacial score (nSPS) is 31.6. The van der Waals surface area contributed by atoms with Crippen LogP contribution < -0.4 is 5.32 Å². The highest BCUT2D eigenvalue weighted by atomic mass is 15.1. The van der Waals surface area contributed by atoms with E-state index in [0.717, 1.165) is 6.54 Å². The first-order valence-electron chi connectivity index (χ1n) is 7.02. The molecule has 1 saturated heterocycles. The van der Waals surface area contributed by atoms with E-state index < -0.39 is 0 Å². The summed E-state index contributed by atoms with van der Waals surface area (Å²) in [5.41, 5.74) is 2.52. The van der Waals surface area contributed by atoms with Gasteiger partial charge in [0.1, 0.15) is 0 Å². The van der Waals surface area contributed by atoms with Crippen LogP contribution in [0.3, 0.4) is 0 Å². The third kappa shape index (κ3) is 3.32. The summed E-state index contributed by atoms with van der Waals surface area (Å²) in [6.07, 6.45) is 5.06.